The average Bonchev–Trinajstić information content (AvgIpc) is 2.18. The van der Waals surface area contributed by atoms with Crippen molar-refractivity contribution in [3.05, 3.63) is 38.9 Å². The average molecular weight is 250 g/mol. The molecule has 0 aliphatic rings. The van der Waals surface area contributed by atoms with Gasteiger partial charge in [-0.15, -0.1) is 0 Å². The number of pyridine rings is 2. The van der Waals surface area contributed by atoms with Crippen LogP contribution in [0, 0.1) is 11.3 Å². The third-order valence-corrected chi connectivity index (χ3v) is 2.29. The van der Waals surface area contributed by atoms with Gasteiger partial charge in [0.05, 0.1) is 10.9 Å². The van der Waals surface area contributed by atoms with E-state index in [1.54, 1.807) is 6.07 Å². The zero-order valence-corrected chi connectivity index (χ0v) is 8.50. The molecule has 68 valence electrons. The van der Waals surface area contributed by atoms with Gasteiger partial charge in [-0.2, -0.15) is 5.26 Å². The molecular formula is C9H4BrN3O. The Labute approximate surface area is 87.3 Å². The molecule has 0 saturated heterocycles. The first-order chi connectivity index (χ1) is 6.72. The molecule has 2 heterocycles. The number of aromatic nitrogens is 2. The molecule has 0 aromatic carbocycles. The maximum Gasteiger partial charge on any atom is 0.208 e. The van der Waals surface area contributed by atoms with E-state index in [1.165, 1.54) is 12.4 Å². The fourth-order valence-electron chi connectivity index (χ4n) is 1.17. The van der Waals surface area contributed by atoms with Gasteiger partial charge in [0.15, 0.2) is 0 Å². The normalized spacial score (nSPS) is 10.0. The van der Waals surface area contributed by atoms with Crippen molar-refractivity contribution in [1.29, 1.82) is 5.26 Å². The minimum Gasteiger partial charge on any atom is -0.360 e. The Morgan fingerprint density at radius 3 is 3.07 bits per heavy atom. The molecule has 0 unspecified atom stereocenters. The number of nitriles is 1. The quantitative estimate of drug-likeness (QED) is 0.721. The van der Waals surface area contributed by atoms with Gasteiger partial charge in [-0.05, 0) is 22.0 Å². The number of rotatable bonds is 0. The molecule has 14 heavy (non-hydrogen) atoms. The molecule has 0 radical (unpaired) electrons. The molecule has 0 atom stereocenters. The summed E-state index contributed by atoms with van der Waals surface area (Å²) in [5.74, 6) is 0. The van der Waals surface area contributed by atoms with Crippen LogP contribution in [0.25, 0.3) is 10.9 Å². The van der Waals surface area contributed by atoms with E-state index < -0.39 is 0 Å². The van der Waals surface area contributed by atoms with Crippen LogP contribution in [-0.4, -0.2) is 9.97 Å². The smallest absolute Gasteiger partial charge is 0.208 e. The summed E-state index contributed by atoms with van der Waals surface area (Å²) in [6, 6.07) is 3.51. The summed E-state index contributed by atoms with van der Waals surface area (Å²) in [6.45, 7) is 0. The highest BCUT2D eigenvalue weighted by Crippen LogP contribution is 2.12. The van der Waals surface area contributed by atoms with E-state index in [1.807, 2.05) is 6.07 Å². The largest absolute Gasteiger partial charge is 0.360 e. The van der Waals surface area contributed by atoms with E-state index in [9.17, 15) is 4.79 Å². The molecule has 2 aromatic rings. The Hall–Kier alpha value is -1.67. The van der Waals surface area contributed by atoms with Gasteiger partial charge in [0.1, 0.15) is 16.2 Å². The molecule has 2 aromatic heterocycles. The highest BCUT2D eigenvalue weighted by atomic mass is 79.9. The highest BCUT2D eigenvalue weighted by molar-refractivity contribution is 9.10. The van der Waals surface area contributed by atoms with Gasteiger partial charge in [-0.3, -0.25) is 4.79 Å². The van der Waals surface area contributed by atoms with Gasteiger partial charge in [0, 0.05) is 12.4 Å². The van der Waals surface area contributed by atoms with Crippen LogP contribution in [0.1, 0.15) is 5.56 Å². The van der Waals surface area contributed by atoms with E-state index in [4.69, 9.17) is 5.26 Å². The highest BCUT2D eigenvalue weighted by Gasteiger charge is 2.04. The van der Waals surface area contributed by atoms with E-state index in [0.29, 0.717) is 15.5 Å². The second-order valence-corrected chi connectivity index (χ2v) is 3.51. The van der Waals surface area contributed by atoms with Crippen molar-refractivity contribution in [2.24, 2.45) is 0 Å². The Kier molecular flexibility index (Phi) is 2.06. The number of aromatic amines is 1. The van der Waals surface area contributed by atoms with E-state index in [-0.39, 0.29) is 11.0 Å². The van der Waals surface area contributed by atoms with Crippen molar-refractivity contribution >= 4 is 26.8 Å². The molecule has 0 aliphatic heterocycles. The molecular weight excluding hydrogens is 246 g/mol. The standard InChI is InChI=1S/C9H4BrN3O/c10-8-1-7-6(4-13-8)9(14)5(2-11)3-12-7/h1,3-4H,(H,12,14). The minimum atomic E-state index is -0.291. The molecule has 4 nitrogen and oxygen atoms in total. The number of H-pyrrole nitrogens is 1. The SMILES string of the molecule is N#Cc1c[nH]c2cc(Br)ncc2c1=O. The first-order valence-corrected chi connectivity index (χ1v) is 4.58. The van der Waals surface area contributed by atoms with Gasteiger partial charge in [0.25, 0.3) is 0 Å². The lowest BCUT2D eigenvalue weighted by molar-refractivity contribution is 1.26. The van der Waals surface area contributed by atoms with Crippen molar-refractivity contribution in [2.45, 2.75) is 0 Å². The predicted octanol–water partition coefficient (Wildman–Crippen LogP) is 1.56. The number of hydrogen-bond acceptors (Lipinski definition) is 3. The zero-order valence-electron chi connectivity index (χ0n) is 6.91. The zero-order chi connectivity index (χ0) is 10.1. The van der Waals surface area contributed by atoms with Crippen LogP contribution in [0.5, 0.6) is 0 Å². The minimum absolute atomic E-state index is 0.0987. The van der Waals surface area contributed by atoms with E-state index in [0.717, 1.165) is 0 Å². The molecule has 0 spiro atoms. The molecule has 0 saturated carbocycles. The third kappa shape index (κ3) is 1.30. The van der Waals surface area contributed by atoms with Gasteiger partial charge in [0.2, 0.25) is 5.43 Å². The second kappa shape index (κ2) is 3.24. The van der Waals surface area contributed by atoms with Gasteiger partial charge >= 0.3 is 0 Å². The van der Waals surface area contributed by atoms with Crippen LogP contribution in [0.4, 0.5) is 0 Å². The van der Waals surface area contributed by atoms with Crippen molar-refractivity contribution in [2.75, 3.05) is 0 Å². The van der Waals surface area contributed by atoms with Gasteiger partial charge in [-0.25, -0.2) is 4.98 Å². The Balaban J connectivity index is 2.93. The molecule has 0 aliphatic carbocycles. The van der Waals surface area contributed by atoms with Crippen LogP contribution < -0.4 is 5.43 Å². The number of halogens is 1. The lowest BCUT2D eigenvalue weighted by Crippen LogP contribution is -2.07. The summed E-state index contributed by atoms with van der Waals surface area (Å²) in [4.78, 5) is 18.4. The van der Waals surface area contributed by atoms with Gasteiger partial charge in [-0.1, -0.05) is 0 Å². The van der Waals surface area contributed by atoms with Crippen LogP contribution >= 0.6 is 15.9 Å². The first-order valence-electron chi connectivity index (χ1n) is 3.79. The van der Waals surface area contributed by atoms with Crippen molar-refractivity contribution in [3.63, 3.8) is 0 Å². The molecule has 1 N–H and O–H groups in total. The van der Waals surface area contributed by atoms with Gasteiger partial charge < -0.3 is 4.98 Å². The summed E-state index contributed by atoms with van der Waals surface area (Å²) in [5.41, 5.74) is 0.471. The summed E-state index contributed by atoms with van der Waals surface area (Å²) in [5, 5.41) is 9.06. The van der Waals surface area contributed by atoms with Crippen LogP contribution in [0.15, 0.2) is 27.9 Å². The topological polar surface area (TPSA) is 69.5 Å². The Morgan fingerprint density at radius 2 is 2.36 bits per heavy atom. The monoisotopic (exact) mass is 249 g/mol. The maximum atomic E-state index is 11.6. The predicted molar refractivity (Wildman–Crippen MR) is 54.8 cm³/mol. The Morgan fingerprint density at radius 1 is 1.57 bits per heavy atom. The van der Waals surface area contributed by atoms with Crippen molar-refractivity contribution in [1.82, 2.24) is 9.97 Å². The fraction of sp³-hybridized carbons (Fsp3) is 0. The number of hydrogen-bond donors (Lipinski definition) is 1. The Bertz CT molecular complexity index is 597. The first kappa shape index (κ1) is 8.91. The van der Waals surface area contributed by atoms with Crippen LogP contribution in [0.2, 0.25) is 0 Å². The molecule has 2 rings (SSSR count). The third-order valence-electron chi connectivity index (χ3n) is 1.85. The summed E-state index contributed by atoms with van der Waals surface area (Å²) in [7, 11) is 0. The number of nitrogens with zero attached hydrogens (tertiary/aromatic N) is 2. The lowest BCUT2D eigenvalue weighted by Gasteiger charge is -1.97. The maximum absolute atomic E-state index is 11.6. The van der Waals surface area contributed by atoms with Crippen LogP contribution in [0.3, 0.4) is 0 Å². The lowest BCUT2D eigenvalue weighted by atomic mass is 10.2. The van der Waals surface area contributed by atoms with Crippen LogP contribution in [-0.2, 0) is 0 Å². The molecule has 0 bridgehead atoms. The number of fused-ring (bicyclic) bond motifs is 1. The summed E-state index contributed by atoms with van der Waals surface area (Å²) in [6.07, 6.45) is 2.84. The van der Waals surface area contributed by atoms with Crippen molar-refractivity contribution in [3.8, 4) is 6.07 Å². The molecule has 0 fully saturated rings. The van der Waals surface area contributed by atoms with E-state index >= 15 is 0 Å². The summed E-state index contributed by atoms with van der Waals surface area (Å²) < 4.78 is 0.644. The molecule has 5 heteroatoms. The second-order valence-electron chi connectivity index (χ2n) is 2.70. The molecule has 0 amide bonds. The number of nitrogens with one attached hydrogen (secondary N) is 1. The fourth-order valence-corrected chi connectivity index (χ4v) is 1.51. The summed E-state index contributed by atoms with van der Waals surface area (Å²) >= 11 is 3.19. The van der Waals surface area contributed by atoms with Crippen molar-refractivity contribution < 1.29 is 0 Å². The van der Waals surface area contributed by atoms with E-state index in [2.05, 4.69) is 25.9 Å².